The first-order chi connectivity index (χ1) is 14.9. The second kappa shape index (κ2) is 7.38. The van der Waals surface area contributed by atoms with Crippen molar-refractivity contribution >= 4 is 16.9 Å². The minimum Gasteiger partial charge on any atom is -0.508 e. The summed E-state index contributed by atoms with van der Waals surface area (Å²) in [6.45, 7) is 3.16. The molecule has 31 heavy (non-hydrogen) atoms. The van der Waals surface area contributed by atoms with Crippen LogP contribution in [-0.4, -0.2) is 34.0 Å². The highest BCUT2D eigenvalue weighted by Gasteiger charge is 2.49. The van der Waals surface area contributed by atoms with Crippen molar-refractivity contribution < 1.29 is 24.1 Å². The molecule has 6 heteroatoms. The number of ether oxygens (including phenoxy) is 1. The summed E-state index contributed by atoms with van der Waals surface area (Å²) < 4.78 is 21.4. The maximum Gasteiger partial charge on any atom is 0.309 e. The highest BCUT2D eigenvalue weighted by Crippen LogP contribution is 2.55. The SMILES string of the molecule is C[C@]1(C(=O)O)C[C@H](c2c(C3CCOCC3)n(-c3ccc(F)cc3)c3ccc(O)cc32)C1. The summed E-state index contributed by atoms with van der Waals surface area (Å²) in [5.74, 6) is -0.516. The predicted octanol–water partition coefficient (Wildman–Crippen LogP) is 5.34. The van der Waals surface area contributed by atoms with E-state index in [2.05, 4.69) is 4.57 Å². The second-order valence-corrected chi connectivity index (χ2v) is 9.17. The number of phenols is 1. The molecule has 2 aromatic carbocycles. The number of hydrogen-bond acceptors (Lipinski definition) is 3. The number of phenolic OH excluding ortho intramolecular Hbond substituents is 1. The first-order valence-electron chi connectivity index (χ1n) is 10.8. The summed E-state index contributed by atoms with van der Waals surface area (Å²) >= 11 is 0. The van der Waals surface area contributed by atoms with Crippen LogP contribution in [0.5, 0.6) is 5.75 Å². The van der Waals surface area contributed by atoms with E-state index in [1.54, 1.807) is 31.2 Å². The molecular formula is C25H26FNO4. The summed E-state index contributed by atoms with van der Waals surface area (Å²) in [6, 6.07) is 11.8. The highest BCUT2D eigenvalue weighted by molar-refractivity contribution is 5.90. The van der Waals surface area contributed by atoms with Crippen molar-refractivity contribution in [3.05, 3.63) is 59.5 Å². The Bertz CT molecular complexity index is 1140. The van der Waals surface area contributed by atoms with Gasteiger partial charge in [0, 0.05) is 35.9 Å². The van der Waals surface area contributed by atoms with Gasteiger partial charge in [-0.1, -0.05) is 0 Å². The Kier molecular flexibility index (Phi) is 4.77. The minimum absolute atomic E-state index is 0.102. The van der Waals surface area contributed by atoms with E-state index in [1.165, 1.54) is 12.1 Å². The van der Waals surface area contributed by atoms with Crippen LogP contribution in [0.15, 0.2) is 42.5 Å². The Morgan fingerprint density at radius 3 is 2.42 bits per heavy atom. The smallest absolute Gasteiger partial charge is 0.309 e. The van der Waals surface area contributed by atoms with Crippen molar-refractivity contribution in [2.75, 3.05) is 13.2 Å². The number of fused-ring (bicyclic) bond motifs is 1. The molecule has 2 N–H and O–H groups in total. The Balaban J connectivity index is 1.75. The third-order valence-electron chi connectivity index (χ3n) is 7.04. The molecule has 1 aromatic heterocycles. The third-order valence-corrected chi connectivity index (χ3v) is 7.04. The Hall–Kier alpha value is -2.86. The fourth-order valence-corrected chi connectivity index (χ4v) is 5.40. The van der Waals surface area contributed by atoms with E-state index < -0.39 is 11.4 Å². The zero-order valence-electron chi connectivity index (χ0n) is 17.5. The van der Waals surface area contributed by atoms with Crippen molar-refractivity contribution in [2.24, 2.45) is 5.41 Å². The van der Waals surface area contributed by atoms with E-state index in [1.807, 2.05) is 6.07 Å². The maximum atomic E-state index is 13.7. The quantitative estimate of drug-likeness (QED) is 0.594. The summed E-state index contributed by atoms with van der Waals surface area (Å²) in [5.41, 5.74) is 3.36. The molecule has 0 radical (unpaired) electrons. The second-order valence-electron chi connectivity index (χ2n) is 9.17. The van der Waals surface area contributed by atoms with Crippen LogP contribution in [0, 0.1) is 11.2 Å². The lowest BCUT2D eigenvalue weighted by atomic mass is 9.60. The number of carboxylic acid groups (broad SMARTS) is 1. The van der Waals surface area contributed by atoms with E-state index in [9.17, 15) is 19.4 Å². The number of rotatable bonds is 4. The van der Waals surface area contributed by atoms with Crippen molar-refractivity contribution in [2.45, 2.75) is 44.4 Å². The first-order valence-corrected chi connectivity index (χ1v) is 10.8. The molecule has 1 aliphatic carbocycles. The Morgan fingerprint density at radius 1 is 1.10 bits per heavy atom. The van der Waals surface area contributed by atoms with Gasteiger partial charge in [-0.05, 0) is 86.6 Å². The predicted molar refractivity (Wildman–Crippen MR) is 115 cm³/mol. The normalized spacial score (nSPS) is 24.3. The van der Waals surface area contributed by atoms with Crippen LogP contribution in [0.1, 0.15) is 55.7 Å². The summed E-state index contributed by atoms with van der Waals surface area (Å²) in [4.78, 5) is 11.7. The molecule has 0 amide bonds. The first kappa shape index (κ1) is 20.1. The fourth-order valence-electron chi connectivity index (χ4n) is 5.40. The van der Waals surface area contributed by atoms with Gasteiger partial charge in [-0.25, -0.2) is 4.39 Å². The number of aromatic hydroxyl groups is 1. The molecule has 0 atom stereocenters. The van der Waals surface area contributed by atoms with Crippen molar-refractivity contribution in [3.8, 4) is 11.4 Å². The lowest BCUT2D eigenvalue weighted by molar-refractivity contribution is -0.154. The molecule has 1 aliphatic heterocycles. The zero-order valence-corrected chi connectivity index (χ0v) is 17.5. The monoisotopic (exact) mass is 423 g/mol. The van der Waals surface area contributed by atoms with Gasteiger partial charge in [0.25, 0.3) is 0 Å². The van der Waals surface area contributed by atoms with Crippen LogP contribution in [0.3, 0.4) is 0 Å². The van der Waals surface area contributed by atoms with Crippen molar-refractivity contribution in [1.82, 2.24) is 4.57 Å². The van der Waals surface area contributed by atoms with E-state index in [4.69, 9.17) is 4.74 Å². The molecule has 3 aromatic rings. The van der Waals surface area contributed by atoms with Gasteiger partial charge in [-0.15, -0.1) is 0 Å². The van der Waals surface area contributed by atoms with Crippen LogP contribution >= 0.6 is 0 Å². The van der Waals surface area contributed by atoms with Gasteiger partial charge in [0.1, 0.15) is 11.6 Å². The standard InChI is InChI=1S/C25H26FNO4/c1-25(24(29)30)13-16(14-25)22-20-12-19(28)6-7-21(20)27(18-4-2-17(26)3-5-18)23(22)15-8-10-31-11-9-15/h2-7,12,15-16,28H,8-11,13-14H2,1H3,(H,29,30)/t16-,25-. The van der Waals surface area contributed by atoms with E-state index >= 15 is 0 Å². The number of hydrogen-bond donors (Lipinski definition) is 2. The fraction of sp³-hybridized carbons (Fsp3) is 0.400. The molecule has 2 aliphatic rings. The highest BCUT2D eigenvalue weighted by atomic mass is 19.1. The molecule has 2 fully saturated rings. The largest absolute Gasteiger partial charge is 0.508 e. The van der Waals surface area contributed by atoms with Gasteiger partial charge in [-0.2, -0.15) is 0 Å². The molecule has 0 unspecified atom stereocenters. The van der Waals surface area contributed by atoms with E-state index in [-0.39, 0.29) is 23.4 Å². The molecule has 2 heterocycles. The summed E-state index contributed by atoms with van der Waals surface area (Å²) in [7, 11) is 0. The number of benzene rings is 2. The zero-order chi connectivity index (χ0) is 21.8. The average molecular weight is 423 g/mol. The minimum atomic E-state index is -0.763. The van der Waals surface area contributed by atoms with Gasteiger partial charge in [-0.3, -0.25) is 4.79 Å². The number of aromatic nitrogens is 1. The third kappa shape index (κ3) is 3.30. The number of carboxylic acids is 1. The molecule has 1 saturated heterocycles. The summed E-state index contributed by atoms with van der Waals surface area (Å²) in [5, 5.41) is 20.9. The molecule has 162 valence electrons. The van der Waals surface area contributed by atoms with Crippen LogP contribution in [0.2, 0.25) is 0 Å². The maximum absolute atomic E-state index is 13.7. The van der Waals surface area contributed by atoms with Crippen LogP contribution < -0.4 is 0 Å². The van der Waals surface area contributed by atoms with Crippen molar-refractivity contribution in [3.63, 3.8) is 0 Å². The van der Waals surface area contributed by atoms with Crippen LogP contribution in [-0.2, 0) is 9.53 Å². The number of aliphatic carboxylic acids is 1. The van der Waals surface area contributed by atoms with Gasteiger partial charge >= 0.3 is 5.97 Å². The molecule has 1 saturated carbocycles. The Morgan fingerprint density at radius 2 is 1.77 bits per heavy atom. The van der Waals surface area contributed by atoms with E-state index in [0.29, 0.717) is 26.1 Å². The van der Waals surface area contributed by atoms with Gasteiger partial charge in [0.05, 0.1) is 10.9 Å². The van der Waals surface area contributed by atoms with Crippen molar-refractivity contribution in [1.29, 1.82) is 0 Å². The topological polar surface area (TPSA) is 71.7 Å². The number of halogens is 1. The lowest BCUT2D eigenvalue weighted by Crippen LogP contribution is -2.40. The molecule has 0 spiro atoms. The van der Waals surface area contributed by atoms with Crippen LogP contribution in [0.25, 0.3) is 16.6 Å². The van der Waals surface area contributed by atoms with Gasteiger partial charge in [0.2, 0.25) is 0 Å². The lowest BCUT2D eigenvalue weighted by Gasteiger charge is -2.43. The van der Waals surface area contributed by atoms with Gasteiger partial charge in [0.15, 0.2) is 0 Å². The van der Waals surface area contributed by atoms with Crippen LogP contribution in [0.4, 0.5) is 4.39 Å². The molecular weight excluding hydrogens is 397 g/mol. The Labute approximate surface area is 180 Å². The average Bonchev–Trinajstić information content (AvgIpc) is 3.06. The van der Waals surface area contributed by atoms with Gasteiger partial charge < -0.3 is 19.5 Å². The van der Waals surface area contributed by atoms with E-state index in [0.717, 1.165) is 40.7 Å². The number of carbonyl (C=O) groups is 1. The number of nitrogens with zero attached hydrogens (tertiary/aromatic N) is 1. The molecule has 0 bridgehead atoms. The molecule has 5 rings (SSSR count). The molecule has 5 nitrogen and oxygen atoms in total. The summed E-state index contributed by atoms with van der Waals surface area (Å²) in [6.07, 6.45) is 2.88.